The third-order valence-corrected chi connectivity index (χ3v) is 7.59. The summed E-state index contributed by atoms with van der Waals surface area (Å²) in [5.74, 6) is 0. The third-order valence-electron chi connectivity index (χ3n) is 4.25. The molecule has 0 aliphatic carbocycles. The number of hydrogen-bond acceptors (Lipinski definition) is 4. The average molecular weight is 373 g/mol. The predicted molar refractivity (Wildman–Crippen MR) is 96.9 cm³/mol. The summed E-state index contributed by atoms with van der Waals surface area (Å²) in [6, 6.07) is 5.52. The van der Waals surface area contributed by atoms with Gasteiger partial charge >= 0.3 is 0 Å². The van der Waals surface area contributed by atoms with E-state index < -0.39 is 10.0 Å². The van der Waals surface area contributed by atoms with Gasteiger partial charge in [0.15, 0.2) is 0 Å². The van der Waals surface area contributed by atoms with Crippen molar-refractivity contribution in [1.82, 2.24) is 9.62 Å². The van der Waals surface area contributed by atoms with Gasteiger partial charge in [0.1, 0.15) is 4.90 Å². The van der Waals surface area contributed by atoms with Gasteiger partial charge in [0, 0.05) is 33.1 Å². The van der Waals surface area contributed by atoms with Crippen LogP contribution in [-0.2, 0) is 10.0 Å². The molecule has 0 saturated carbocycles. The van der Waals surface area contributed by atoms with E-state index in [0.717, 1.165) is 42.4 Å². The minimum Gasteiger partial charge on any atom is -0.317 e. The summed E-state index contributed by atoms with van der Waals surface area (Å²) in [6.07, 6.45) is 2.54. The smallest absolute Gasteiger partial charge is 0.244 e. The van der Waals surface area contributed by atoms with Gasteiger partial charge in [-0.15, -0.1) is 11.3 Å². The van der Waals surface area contributed by atoms with Gasteiger partial charge in [-0.1, -0.05) is 18.5 Å². The average Bonchev–Trinajstić information content (AvgIpc) is 2.97. The lowest BCUT2D eigenvalue weighted by Gasteiger charge is -2.33. The standard InChI is InChI=1S/C16H21ClN2O2S2/c1-2-9-19(13-5-7-18-8-6-13)23(20,21)16-11-22-15-4-3-12(17)10-14(15)16/h3-4,10-11,13,18H,2,5-9H2,1H3. The molecule has 4 nitrogen and oxygen atoms in total. The van der Waals surface area contributed by atoms with Crippen LogP contribution in [0.4, 0.5) is 0 Å². The maximum Gasteiger partial charge on any atom is 0.244 e. The minimum absolute atomic E-state index is 0.0790. The molecule has 1 aliphatic heterocycles. The van der Waals surface area contributed by atoms with E-state index in [4.69, 9.17) is 11.6 Å². The van der Waals surface area contributed by atoms with E-state index in [1.165, 1.54) is 11.3 Å². The fourth-order valence-electron chi connectivity index (χ4n) is 3.12. The number of benzene rings is 1. The number of rotatable bonds is 5. The van der Waals surface area contributed by atoms with Gasteiger partial charge in [-0.3, -0.25) is 0 Å². The van der Waals surface area contributed by atoms with E-state index in [1.54, 1.807) is 21.8 Å². The molecule has 2 aromatic rings. The molecule has 1 fully saturated rings. The molecule has 0 radical (unpaired) electrons. The zero-order valence-corrected chi connectivity index (χ0v) is 15.5. The second-order valence-corrected chi connectivity index (χ2v) is 9.04. The molecule has 0 bridgehead atoms. The molecule has 1 aromatic heterocycles. The molecule has 0 unspecified atom stereocenters. The fraction of sp³-hybridized carbons (Fsp3) is 0.500. The number of nitrogens with zero attached hydrogens (tertiary/aromatic N) is 1. The van der Waals surface area contributed by atoms with Crippen molar-refractivity contribution in [3.8, 4) is 0 Å². The topological polar surface area (TPSA) is 49.4 Å². The maximum atomic E-state index is 13.3. The predicted octanol–water partition coefficient (Wildman–Crippen LogP) is 3.71. The van der Waals surface area contributed by atoms with Crippen LogP contribution in [0.25, 0.3) is 10.1 Å². The lowest BCUT2D eigenvalue weighted by molar-refractivity contribution is 0.262. The highest BCUT2D eigenvalue weighted by Crippen LogP contribution is 2.34. The first-order valence-corrected chi connectivity index (χ1v) is 10.6. The Bertz CT molecular complexity index is 782. The van der Waals surface area contributed by atoms with Crippen LogP contribution < -0.4 is 5.32 Å². The number of hydrogen-bond donors (Lipinski definition) is 1. The molecule has 2 heterocycles. The van der Waals surface area contributed by atoms with Crippen LogP contribution in [0.1, 0.15) is 26.2 Å². The van der Waals surface area contributed by atoms with Gasteiger partial charge in [-0.05, 0) is 50.6 Å². The monoisotopic (exact) mass is 372 g/mol. The summed E-state index contributed by atoms with van der Waals surface area (Å²) >= 11 is 7.53. The molecule has 1 aliphatic rings. The third kappa shape index (κ3) is 3.42. The highest BCUT2D eigenvalue weighted by Gasteiger charge is 2.33. The molecule has 1 saturated heterocycles. The first-order chi connectivity index (χ1) is 11.0. The first kappa shape index (κ1) is 17.2. The van der Waals surface area contributed by atoms with Crippen LogP contribution in [0, 0.1) is 0 Å². The lowest BCUT2D eigenvalue weighted by atomic mass is 10.1. The summed E-state index contributed by atoms with van der Waals surface area (Å²) in [7, 11) is -3.51. The van der Waals surface area contributed by atoms with Gasteiger partial charge in [0.25, 0.3) is 0 Å². The Labute approximate surface area is 146 Å². The zero-order chi connectivity index (χ0) is 16.4. The van der Waals surface area contributed by atoms with E-state index in [0.29, 0.717) is 16.5 Å². The van der Waals surface area contributed by atoms with Crippen LogP contribution in [-0.4, -0.2) is 38.4 Å². The number of fused-ring (bicyclic) bond motifs is 1. The minimum atomic E-state index is -3.51. The van der Waals surface area contributed by atoms with Gasteiger partial charge < -0.3 is 5.32 Å². The van der Waals surface area contributed by atoms with Gasteiger partial charge in [-0.25, -0.2) is 8.42 Å². The van der Waals surface area contributed by atoms with Crippen molar-refractivity contribution in [3.05, 3.63) is 28.6 Å². The molecular weight excluding hydrogens is 352 g/mol. The molecule has 0 atom stereocenters. The second-order valence-electron chi connectivity index (χ2n) is 5.84. The van der Waals surface area contributed by atoms with Crippen molar-refractivity contribution < 1.29 is 8.42 Å². The highest BCUT2D eigenvalue weighted by atomic mass is 35.5. The van der Waals surface area contributed by atoms with E-state index in [1.807, 2.05) is 13.0 Å². The highest BCUT2D eigenvalue weighted by molar-refractivity contribution is 7.89. The largest absolute Gasteiger partial charge is 0.317 e. The summed E-state index contributed by atoms with van der Waals surface area (Å²) in [6.45, 7) is 4.32. The fourth-order valence-corrected chi connectivity index (χ4v) is 6.51. The molecule has 1 aromatic carbocycles. The Balaban J connectivity index is 2.04. The Kier molecular flexibility index (Phi) is 5.28. The summed E-state index contributed by atoms with van der Waals surface area (Å²) in [5.41, 5.74) is 0. The molecular formula is C16H21ClN2O2S2. The Hall–Kier alpha value is -0.660. The lowest BCUT2D eigenvalue weighted by Crippen LogP contribution is -2.46. The maximum absolute atomic E-state index is 13.3. The number of halogens is 1. The van der Waals surface area contributed by atoms with Crippen LogP contribution >= 0.6 is 22.9 Å². The quantitative estimate of drug-likeness (QED) is 0.870. The van der Waals surface area contributed by atoms with E-state index >= 15 is 0 Å². The molecule has 1 N–H and O–H groups in total. The van der Waals surface area contributed by atoms with Crippen molar-refractivity contribution in [2.45, 2.75) is 37.1 Å². The number of thiophene rings is 1. The Morgan fingerprint density at radius 3 is 2.78 bits per heavy atom. The molecule has 23 heavy (non-hydrogen) atoms. The molecule has 126 valence electrons. The van der Waals surface area contributed by atoms with Crippen LogP contribution in [0.2, 0.25) is 5.02 Å². The van der Waals surface area contributed by atoms with Crippen molar-refractivity contribution in [2.24, 2.45) is 0 Å². The molecule has 7 heteroatoms. The van der Waals surface area contributed by atoms with Gasteiger partial charge in [-0.2, -0.15) is 4.31 Å². The van der Waals surface area contributed by atoms with Crippen molar-refractivity contribution in [2.75, 3.05) is 19.6 Å². The van der Waals surface area contributed by atoms with Crippen molar-refractivity contribution in [1.29, 1.82) is 0 Å². The van der Waals surface area contributed by atoms with Crippen molar-refractivity contribution in [3.63, 3.8) is 0 Å². The van der Waals surface area contributed by atoms with E-state index in [-0.39, 0.29) is 6.04 Å². The number of sulfonamides is 1. The second kappa shape index (κ2) is 7.07. The van der Waals surface area contributed by atoms with Gasteiger partial charge in [0.05, 0.1) is 0 Å². The molecule has 3 rings (SSSR count). The Morgan fingerprint density at radius 2 is 2.09 bits per heavy atom. The molecule has 0 spiro atoms. The van der Waals surface area contributed by atoms with Crippen molar-refractivity contribution >= 4 is 43.0 Å². The number of nitrogens with one attached hydrogen (secondary N) is 1. The van der Waals surface area contributed by atoms with Crippen LogP contribution in [0.5, 0.6) is 0 Å². The van der Waals surface area contributed by atoms with E-state index in [9.17, 15) is 8.42 Å². The summed E-state index contributed by atoms with van der Waals surface area (Å²) < 4.78 is 29.2. The summed E-state index contributed by atoms with van der Waals surface area (Å²) in [4.78, 5) is 0.395. The van der Waals surface area contributed by atoms with Crippen LogP contribution in [0.15, 0.2) is 28.5 Å². The zero-order valence-electron chi connectivity index (χ0n) is 13.1. The normalized spacial score (nSPS) is 17.2. The van der Waals surface area contributed by atoms with Crippen LogP contribution in [0.3, 0.4) is 0 Å². The Morgan fingerprint density at radius 1 is 1.35 bits per heavy atom. The van der Waals surface area contributed by atoms with E-state index in [2.05, 4.69) is 5.32 Å². The summed E-state index contributed by atoms with van der Waals surface area (Å²) in [5, 5.41) is 6.35. The number of piperidine rings is 1. The first-order valence-electron chi connectivity index (χ1n) is 7.93. The molecule has 0 amide bonds. The SMILES string of the molecule is CCCN(C1CCNCC1)S(=O)(=O)c1csc2ccc(Cl)cc12. The van der Waals surface area contributed by atoms with Gasteiger partial charge in [0.2, 0.25) is 10.0 Å².